The Labute approximate surface area is 152 Å². The third-order valence-corrected chi connectivity index (χ3v) is 4.74. The molecule has 1 amide bonds. The number of hydrogen-bond donors (Lipinski definition) is 2. The van der Waals surface area contributed by atoms with E-state index in [4.69, 9.17) is 16.3 Å². The third-order valence-electron chi connectivity index (χ3n) is 4.33. The standard InChI is InChI=1S/C18H21ClN4O2/c1-11-7-14(16(25-2)8-13(11)19)23-17-9-15(20-10-21-17)18(24)22-12-5-3-4-6-12/h7-10,12H,3-6H2,1-2H3,(H,22,24)(H,20,21,23). The molecule has 1 aliphatic rings. The van der Waals surface area contributed by atoms with Crippen molar-refractivity contribution in [2.24, 2.45) is 0 Å². The number of carbonyl (C=O) groups is 1. The summed E-state index contributed by atoms with van der Waals surface area (Å²) in [5, 5.41) is 6.82. The average molecular weight is 361 g/mol. The maximum Gasteiger partial charge on any atom is 0.270 e. The molecule has 1 aromatic carbocycles. The molecule has 2 N–H and O–H groups in total. The van der Waals surface area contributed by atoms with Crippen LogP contribution in [0.4, 0.5) is 11.5 Å². The second-order valence-corrected chi connectivity index (χ2v) is 6.58. The molecule has 6 nitrogen and oxygen atoms in total. The Morgan fingerprint density at radius 1 is 1.24 bits per heavy atom. The summed E-state index contributed by atoms with van der Waals surface area (Å²) in [6, 6.07) is 5.50. The van der Waals surface area contributed by atoms with Crippen molar-refractivity contribution < 1.29 is 9.53 Å². The van der Waals surface area contributed by atoms with E-state index < -0.39 is 0 Å². The maximum atomic E-state index is 12.4. The van der Waals surface area contributed by atoms with Gasteiger partial charge in [-0.3, -0.25) is 4.79 Å². The number of halogens is 1. The summed E-state index contributed by atoms with van der Waals surface area (Å²) >= 11 is 6.13. The minimum absolute atomic E-state index is 0.170. The van der Waals surface area contributed by atoms with Gasteiger partial charge in [0.05, 0.1) is 12.8 Å². The van der Waals surface area contributed by atoms with Crippen molar-refractivity contribution >= 4 is 29.0 Å². The lowest BCUT2D eigenvalue weighted by Gasteiger charge is -2.14. The highest BCUT2D eigenvalue weighted by Crippen LogP contribution is 2.32. The van der Waals surface area contributed by atoms with Gasteiger partial charge in [0.15, 0.2) is 0 Å². The first-order valence-electron chi connectivity index (χ1n) is 8.31. The number of nitrogens with zero attached hydrogens (tertiary/aromatic N) is 2. The van der Waals surface area contributed by atoms with Crippen LogP contribution in [-0.2, 0) is 0 Å². The number of hydrogen-bond acceptors (Lipinski definition) is 5. The van der Waals surface area contributed by atoms with Gasteiger partial charge in [0.1, 0.15) is 23.6 Å². The van der Waals surface area contributed by atoms with Crippen LogP contribution in [-0.4, -0.2) is 29.0 Å². The zero-order chi connectivity index (χ0) is 17.8. The van der Waals surface area contributed by atoms with Crippen molar-refractivity contribution in [2.75, 3.05) is 12.4 Å². The largest absolute Gasteiger partial charge is 0.495 e. The van der Waals surface area contributed by atoms with Gasteiger partial charge in [-0.2, -0.15) is 0 Å². The van der Waals surface area contributed by atoms with Crippen LogP contribution >= 0.6 is 11.6 Å². The van der Waals surface area contributed by atoms with E-state index in [9.17, 15) is 4.79 Å². The fourth-order valence-corrected chi connectivity index (χ4v) is 3.10. The summed E-state index contributed by atoms with van der Waals surface area (Å²) in [5.41, 5.74) is 1.98. The van der Waals surface area contributed by atoms with E-state index >= 15 is 0 Å². The molecule has 0 saturated heterocycles. The monoisotopic (exact) mass is 360 g/mol. The molecule has 1 aromatic heterocycles. The summed E-state index contributed by atoms with van der Waals surface area (Å²) in [6.07, 6.45) is 5.77. The number of benzene rings is 1. The zero-order valence-corrected chi connectivity index (χ0v) is 15.1. The van der Waals surface area contributed by atoms with Gasteiger partial charge in [-0.05, 0) is 31.4 Å². The highest BCUT2D eigenvalue weighted by Gasteiger charge is 2.19. The molecule has 0 spiro atoms. The summed E-state index contributed by atoms with van der Waals surface area (Å²) in [6.45, 7) is 1.91. The minimum atomic E-state index is -0.170. The van der Waals surface area contributed by atoms with Crippen molar-refractivity contribution in [3.63, 3.8) is 0 Å². The van der Waals surface area contributed by atoms with Gasteiger partial charge in [0.2, 0.25) is 0 Å². The lowest BCUT2D eigenvalue weighted by Crippen LogP contribution is -2.33. The normalized spacial score (nSPS) is 14.4. The predicted molar refractivity (Wildman–Crippen MR) is 97.8 cm³/mol. The van der Waals surface area contributed by atoms with E-state index in [1.807, 2.05) is 13.0 Å². The van der Waals surface area contributed by atoms with Gasteiger partial charge in [0.25, 0.3) is 5.91 Å². The fourth-order valence-electron chi connectivity index (χ4n) is 2.95. The van der Waals surface area contributed by atoms with E-state index in [0.29, 0.717) is 22.3 Å². The van der Waals surface area contributed by atoms with E-state index in [2.05, 4.69) is 20.6 Å². The smallest absolute Gasteiger partial charge is 0.270 e. The topological polar surface area (TPSA) is 76.1 Å². The molecule has 7 heteroatoms. The molecule has 2 aromatic rings. The number of aryl methyl sites for hydroxylation is 1. The molecule has 0 aliphatic heterocycles. The molecule has 1 saturated carbocycles. The van der Waals surface area contributed by atoms with Gasteiger partial charge in [-0.15, -0.1) is 0 Å². The van der Waals surface area contributed by atoms with Gasteiger partial charge >= 0.3 is 0 Å². The lowest BCUT2D eigenvalue weighted by atomic mass is 10.2. The number of methoxy groups -OCH3 is 1. The molecule has 1 heterocycles. The molecule has 0 bridgehead atoms. The fraction of sp³-hybridized carbons (Fsp3) is 0.389. The highest BCUT2D eigenvalue weighted by molar-refractivity contribution is 6.31. The number of amides is 1. The molecule has 25 heavy (non-hydrogen) atoms. The third kappa shape index (κ3) is 4.20. The Bertz CT molecular complexity index is 776. The van der Waals surface area contributed by atoms with E-state index in [0.717, 1.165) is 36.9 Å². The van der Waals surface area contributed by atoms with Gasteiger partial charge in [-0.1, -0.05) is 24.4 Å². The Morgan fingerprint density at radius 2 is 2.00 bits per heavy atom. The second-order valence-electron chi connectivity index (χ2n) is 6.17. The summed E-state index contributed by atoms with van der Waals surface area (Å²) in [4.78, 5) is 20.6. The maximum absolute atomic E-state index is 12.4. The van der Waals surface area contributed by atoms with E-state index in [-0.39, 0.29) is 11.9 Å². The van der Waals surface area contributed by atoms with Crippen LogP contribution in [0.2, 0.25) is 5.02 Å². The van der Waals surface area contributed by atoms with Crippen molar-refractivity contribution in [3.05, 3.63) is 40.8 Å². The summed E-state index contributed by atoms with van der Waals surface area (Å²) in [5.74, 6) is 0.953. The number of nitrogens with one attached hydrogen (secondary N) is 2. The van der Waals surface area contributed by atoms with Crippen molar-refractivity contribution in [1.29, 1.82) is 0 Å². The quantitative estimate of drug-likeness (QED) is 0.846. The Balaban J connectivity index is 1.77. The van der Waals surface area contributed by atoms with Crippen LogP contribution in [0.3, 0.4) is 0 Å². The van der Waals surface area contributed by atoms with Crippen LogP contribution in [0.15, 0.2) is 24.5 Å². The second kappa shape index (κ2) is 7.70. The molecule has 132 valence electrons. The molecule has 0 radical (unpaired) electrons. The van der Waals surface area contributed by atoms with Crippen LogP contribution in [0, 0.1) is 6.92 Å². The molecule has 3 rings (SSSR count). The summed E-state index contributed by atoms with van der Waals surface area (Å²) in [7, 11) is 1.58. The molecule has 0 atom stereocenters. The highest BCUT2D eigenvalue weighted by atomic mass is 35.5. The van der Waals surface area contributed by atoms with E-state index in [1.165, 1.54) is 6.33 Å². The average Bonchev–Trinajstić information content (AvgIpc) is 3.11. The Morgan fingerprint density at radius 3 is 2.72 bits per heavy atom. The molecular weight excluding hydrogens is 340 g/mol. The first kappa shape index (κ1) is 17.5. The van der Waals surface area contributed by atoms with Gasteiger partial charge < -0.3 is 15.4 Å². The SMILES string of the molecule is COc1cc(Cl)c(C)cc1Nc1cc(C(=O)NC2CCCC2)ncn1. The first-order chi connectivity index (χ1) is 12.1. The minimum Gasteiger partial charge on any atom is -0.495 e. The van der Waals surface area contributed by atoms with Crippen molar-refractivity contribution in [3.8, 4) is 5.75 Å². The van der Waals surface area contributed by atoms with Crippen LogP contribution in [0.25, 0.3) is 0 Å². The van der Waals surface area contributed by atoms with Gasteiger partial charge in [0, 0.05) is 23.2 Å². The Hall–Kier alpha value is -2.34. The molecule has 0 unspecified atom stereocenters. The lowest BCUT2D eigenvalue weighted by molar-refractivity contribution is 0.0932. The van der Waals surface area contributed by atoms with Crippen LogP contribution in [0.5, 0.6) is 5.75 Å². The number of aromatic nitrogens is 2. The van der Waals surface area contributed by atoms with Crippen LogP contribution in [0.1, 0.15) is 41.7 Å². The summed E-state index contributed by atoms with van der Waals surface area (Å²) < 4.78 is 5.35. The number of rotatable bonds is 5. The number of ether oxygens (including phenoxy) is 1. The molecule has 1 aliphatic carbocycles. The van der Waals surface area contributed by atoms with Crippen molar-refractivity contribution in [1.82, 2.24) is 15.3 Å². The van der Waals surface area contributed by atoms with E-state index in [1.54, 1.807) is 19.2 Å². The number of carbonyl (C=O) groups excluding carboxylic acids is 1. The number of anilines is 2. The first-order valence-corrected chi connectivity index (χ1v) is 8.68. The van der Waals surface area contributed by atoms with Gasteiger partial charge in [-0.25, -0.2) is 9.97 Å². The van der Waals surface area contributed by atoms with Crippen LogP contribution < -0.4 is 15.4 Å². The molecular formula is C18H21ClN4O2. The van der Waals surface area contributed by atoms with Crippen molar-refractivity contribution in [2.45, 2.75) is 38.6 Å². The predicted octanol–water partition coefficient (Wildman–Crippen LogP) is 3.86. The Kier molecular flexibility index (Phi) is 5.38. The molecule has 1 fully saturated rings. The zero-order valence-electron chi connectivity index (χ0n) is 14.3.